The Balaban J connectivity index is 1.48. The fourth-order valence-electron chi connectivity index (χ4n) is 4.99. The van der Waals surface area contributed by atoms with Crippen LogP contribution < -0.4 is 4.74 Å². The van der Waals surface area contributed by atoms with Crippen LogP contribution in [-0.2, 0) is 62.7 Å². The third kappa shape index (κ3) is 9.83. The van der Waals surface area contributed by atoms with E-state index in [0.717, 1.165) is 46.0 Å². The molecule has 0 aliphatic heterocycles. The third-order valence-electron chi connectivity index (χ3n) is 7.70. The quantitative estimate of drug-likeness (QED) is 0.0796. The smallest absolute Gasteiger partial charge is 0.374 e. The van der Waals surface area contributed by atoms with E-state index in [1.807, 2.05) is 43.3 Å². The highest BCUT2D eigenvalue weighted by atomic mass is 31.2. The molecule has 1 atom stereocenters. The number of carbonyl (C=O) groups is 1. The minimum Gasteiger partial charge on any atom is -0.494 e. The number of hydrogen-bond donors (Lipinski definition) is 1. The molecule has 3 rings (SSSR count). The molecule has 1 unspecified atom stereocenters. The van der Waals surface area contributed by atoms with Crippen LogP contribution in [0.2, 0.25) is 0 Å². The van der Waals surface area contributed by atoms with Gasteiger partial charge in [-0.25, -0.2) is 0 Å². The van der Waals surface area contributed by atoms with Gasteiger partial charge in [0, 0.05) is 54.0 Å². The zero-order chi connectivity index (χ0) is 34.7. The molecule has 3 aromatic rings. The topological polar surface area (TPSA) is 158 Å². The van der Waals surface area contributed by atoms with Crippen LogP contribution in [0.1, 0.15) is 61.9 Å². The molecule has 0 fully saturated rings. The highest BCUT2D eigenvalue weighted by molar-refractivity contribution is 7.73. The van der Waals surface area contributed by atoms with Gasteiger partial charge >= 0.3 is 21.2 Å². The Morgan fingerprint density at radius 1 is 0.936 bits per heavy atom. The molecule has 0 radical (unpaired) electrons. The summed E-state index contributed by atoms with van der Waals surface area (Å²) in [6.07, 6.45) is 2.93. The Kier molecular flexibility index (Phi) is 14.3. The predicted octanol–water partition coefficient (Wildman–Crippen LogP) is 6.34. The van der Waals surface area contributed by atoms with Crippen molar-refractivity contribution in [2.24, 2.45) is 5.92 Å². The Labute approximate surface area is 276 Å². The van der Waals surface area contributed by atoms with Crippen LogP contribution >= 0.6 is 15.2 Å². The van der Waals surface area contributed by atoms with Crippen LogP contribution in [0.15, 0.2) is 54.7 Å². The lowest BCUT2D eigenvalue weighted by atomic mass is 9.97. The van der Waals surface area contributed by atoms with Gasteiger partial charge in [0.25, 0.3) is 5.08 Å². The maximum absolute atomic E-state index is 13.2. The standard InChI is InChI=1S/C32H47N3O10P2/c1-24(2)20-26-12-14-28(15-13-26)25(3)31(36)45-23-27-10-8-11-30(21-27)44-19-9-18-35-22-29(33-34-35)16-17-32(37,46(38,40-4)41-5)47(39,42-6)43-7/h8,10-15,21-22,24-25,37H,9,16-20,23H2,1-7H3. The van der Waals surface area contributed by atoms with Crippen molar-refractivity contribution in [3.63, 3.8) is 0 Å². The highest BCUT2D eigenvalue weighted by Crippen LogP contribution is 2.77. The molecule has 47 heavy (non-hydrogen) atoms. The van der Waals surface area contributed by atoms with Gasteiger partial charge in [0.1, 0.15) is 12.4 Å². The second kappa shape index (κ2) is 17.5. The van der Waals surface area contributed by atoms with E-state index in [9.17, 15) is 19.0 Å². The summed E-state index contributed by atoms with van der Waals surface area (Å²) in [5.41, 5.74) is 3.43. The lowest BCUT2D eigenvalue weighted by Gasteiger charge is -2.36. The van der Waals surface area contributed by atoms with Crippen molar-refractivity contribution in [2.45, 2.75) is 70.6 Å². The molecule has 0 bridgehead atoms. The van der Waals surface area contributed by atoms with Crippen LogP contribution in [0.4, 0.5) is 0 Å². The van der Waals surface area contributed by atoms with Gasteiger partial charge in [-0.1, -0.05) is 55.5 Å². The van der Waals surface area contributed by atoms with Crippen LogP contribution in [0, 0.1) is 5.92 Å². The van der Waals surface area contributed by atoms with E-state index in [4.69, 9.17) is 27.6 Å². The monoisotopic (exact) mass is 695 g/mol. The predicted molar refractivity (Wildman–Crippen MR) is 176 cm³/mol. The fourth-order valence-corrected chi connectivity index (χ4v) is 9.41. The van der Waals surface area contributed by atoms with Crippen molar-refractivity contribution >= 4 is 21.2 Å². The van der Waals surface area contributed by atoms with Gasteiger partial charge in [0.15, 0.2) is 0 Å². The summed E-state index contributed by atoms with van der Waals surface area (Å²) in [6.45, 7) is 7.21. The van der Waals surface area contributed by atoms with Gasteiger partial charge in [-0.15, -0.1) is 5.10 Å². The zero-order valence-electron chi connectivity index (χ0n) is 28.2. The first-order valence-electron chi connectivity index (χ1n) is 15.4. The highest BCUT2D eigenvalue weighted by Gasteiger charge is 2.63. The molecule has 0 saturated carbocycles. The minimum atomic E-state index is -4.33. The van der Waals surface area contributed by atoms with Crippen molar-refractivity contribution in [3.05, 3.63) is 77.1 Å². The first-order valence-corrected chi connectivity index (χ1v) is 18.4. The molecule has 0 aliphatic carbocycles. The average Bonchev–Trinajstić information content (AvgIpc) is 3.54. The lowest BCUT2D eigenvalue weighted by molar-refractivity contribution is -0.146. The van der Waals surface area contributed by atoms with Crippen LogP contribution in [0.5, 0.6) is 5.75 Å². The van der Waals surface area contributed by atoms with Crippen LogP contribution in [-0.4, -0.2) is 66.2 Å². The van der Waals surface area contributed by atoms with Gasteiger partial charge in [-0.2, -0.15) is 0 Å². The normalized spacial score (nSPS) is 13.1. The van der Waals surface area contributed by atoms with Crippen molar-refractivity contribution in [1.29, 1.82) is 0 Å². The second-order valence-corrected chi connectivity index (χ2v) is 16.8. The molecule has 0 amide bonds. The summed E-state index contributed by atoms with van der Waals surface area (Å²) in [4.78, 5) is 12.7. The van der Waals surface area contributed by atoms with E-state index < -0.39 is 20.3 Å². The first kappa shape index (κ1) is 38.6. The van der Waals surface area contributed by atoms with Crippen molar-refractivity contribution < 1.29 is 46.6 Å². The Bertz CT molecular complexity index is 1490. The minimum absolute atomic E-state index is 0.0289. The maximum Gasteiger partial charge on any atom is 0.374 e. The Hall–Kier alpha value is -2.89. The molecule has 260 valence electrons. The summed E-state index contributed by atoms with van der Waals surface area (Å²) in [5, 5.41) is 16.9. The number of nitrogens with zero attached hydrogens (tertiary/aromatic N) is 3. The van der Waals surface area contributed by atoms with Gasteiger partial charge < -0.3 is 32.7 Å². The Morgan fingerprint density at radius 3 is 2.17 bits per heavy atom. The van der Waals surface area contributed by atoms with Gasteiger partial charge in [0.2, 0.25) is 0 Å². The molecule has 13 nitrogen and oxygen atoms in total. The molecule has 0 spiro atoms. The van der Waals surface area contributed by atoms with E-state index >= 15 is 0 Å². The number of aromatic nitrogens is 3. The molecule has 15 heteroatoms. The summed E-state index contributed by atoms with van der Waals surface area (Å²) in [6, 6.07) is 15.5. The summed E-state index contributed by atoms with van der Waals surface area (Å²) in [5.74, 6) is 0.553. The molecular formula is C32H47N3O10P2. The van der Waals surface area contributed by atoms with Gasteiger partial charge in [-0.3, -0.25) is 18.6 Å². The second-order valence-electron chi connectivity index (χ2n) is 11.5. The number of ether oxygens (including phenoxy) is 2. The number of benzene rings is 2. The number of hydrogen-bond acceptors (Lipinski definition) is 12. The first-order chi connectivity index (χ1) is 22.3. The van der Waals surface area contributed by atoms with E-state index in [0.29, 0.717) is 36.9 Å². The van der Waals surface area contributed by atoms with Crippen LogP contribution in [0.3, 0.4) is 0 Å². The maximum atomic E-state index is 13.2. The molecule has 1 N–H and O–H groups in total. The van der Waals surface area contributed by atoms with E-state index in [2.05, 4.69) is 36.3 Å². The number of aryl methyl sites for hydroxylation is 2. The van der Waals surface area contributed by atoms with Crippen molar-refractivity contribution in [2.75, 3.05) is 35.0 Å². The SMILES string of the molecule is COP(=O)(OC)C(O)(CCc1cn(CCCOc2cccc(COC(=O)C(C)c3ccc(CC(C)C)cc3)c2)nn1)P(=O)(OC)OC. The summed E-state index contributed by atoms with van der Waals surface area (Å²) in [7, 11) is -4.36. The third-order valence-corrected chi connectivity index (χ3v) is 13.3. The van der Waals surface area contributed by atoms with Crippen molar-refractivity contribution in [3.8, 4) is 5.75 Å². The van der Waals surface area contributed by atoms with Crippen LogP contribution in [0.25, 0.3) is 0 Å². The molecule has 0 saturated heterocycles. The summed E-state index contributed by atoms with van der Waals surface area (Å²) >= 11 is 0. The average molecular weight is 696 g/mol. The number of aliphatic hydroxyl groups is 1. The van der Waals surface area contributed by atoms with Gasteiger partial charge in [0.05, 0.1) is 18.2 Å². The lowest BCUT2D eigenvalue weighted by Crippen LogP contribution is -2.32. The number of esters is 1. The molecule has 1 heterocycles. The van der Waals surface area contributed by atoms with E-state index in [1.54, 1.807) is 10.9 Å². The molecular weight excluding hydrogens is 648 g/mol. The zero-order valence-corrected chi connectivity index (χ0v) is 29.9. The molecule has 0 aliphatic rings. The summed E-state index contributed by atoms with van der Waals surface area (Å²) < 4.78 is 59.2. The van der Waals surface area contributed by atoms with E-state index in [-0.39, 0.29) is 31.3 Å². The fraction of sp³-hybridized carbons (Fsp3) is 0.531. The largest absolute Gasteiger partial charge is 0.494 e. The molecule has 2 aromatic carbocycles. The Morgan fingerprint density at radius 2 is 1.57 bits per heavy atom. The van der Waals surface area contributed by atoms with Gasteiger partial charge in [-0.05, 0) is 54.5 Å². The number of carbonyl (C=O) groups excluding carboxylic acids is 1. The van der Waals surface area contributed by atoms with Crippen molar-refractivity contribution in [1.82, 2.24) is 15.0 Å². The molecule has 1 aromatic heterocycles. The number of rotatable bonds is 20. The van der Waals surface area contributed by atoms with E-state index in [1.165, 1.54) is 5.56 Å².